The van der Waals surface area contributed by atoms with E-state index in [0.717, 1.165) is 42.8 Å². The van der Waals surface area contributed by atoms with Crippen LogP contribution in [0.25, 0.3) is 0 Å². The summed E-state index contributed by atoms with van der Waals surface area (Å²) in [7, 11) is 0. The van der Waals surface area contributed by atoms with E-state index in [4.69, 9.17) is 14.2 Å². The van der Waals surface area contributed by atoms with Crippen molar-refractivity contribution in [2.45, 2.75) is 72.6 Å². The van der Waals surface area contributed by atoms with Gasteiger partial charge in [0.15, 0.2) is 0 Å². The number of anilines is 1. The highest BCUT2D eigenvalue weighted by molar-refractivity contribution is 5.97. The number of hydrogen-bond donors (Lipinski definition) is 2. The minimum Gasteiger partial charge on any atom is -0.491 e. The lowest BCUT2D eigenvalue weighted by molar-refractivity contribution is -0.118. The Labute approximate surface area is 263 Å². The fourth-order valence-electron chi connectivity index (χ4n) is 4.64. The normalized spacial score (nSPS) is 11.8. The number of likely N-dealkylation sites (N-methyl/N-ethyl adjacent to an activating group) is 1. The molecule has 0 aliphatic carbocycles. The summed E-state index contributed by atoms with van der Waals surface area (Å²) in [6.07, 6.45) is 2.31. The number of carbonyl (C=O) groups excluding carboxylic acids is 2. The molecule has 1 unspecified atom stereocenters. The molecule has 8 nitrogen and oxygen atoms in total. The summed E-state index contributed by atoms with van der Waals surface area (Å²) in [6, 6.07) is 22.5. The molecule has 0 aliphatic rings. The fraction of sp³-hybridized carbons (Fsp3) is 0.444. The molecule has 44 heavy (non-hydrogen) atoms. The number of rotatable bonds is 19. The highest BCUT2D eigenvalue weighted by atomic mass is 16.5. The van der Waals surface area contributed by atoms with Gasteiger partial charge in [0.2, 0.25) is 5.91 Å². The quantitative estimate of drug-likeness (QED) is 0.120. The van der Waals surface area contributed by atoms with Crippen molar-refractivity contribution >= 4 is 17.6 Å². The van der Waals surface area contributed by atoms with Crippen LogP contribution in [0.4, 0.5) is 5.69 Å². The van der Waals surface area contributed by atoms with Gasteiger partial charge < -0.3 is 29.7 Å². The minimum absolute atomic E-state index is 0.0907. The Balaban J connectivity index is 1.68. The van der Waals surface area contributed by atoms with Gasteiger partial charge >= 0.3 is 5.97 Å². The maximum absolute atomic E-state index is 13.6. The largest absolute Gasteiger partial charge is 0.491 e. The van der Waals surface area contributed by atoms with Crippen molar-refractivity contribution in [3.8, 4) is 11.5 Å². The molecule has 3 aromatic rings. The Hall–Kier alpha value is -3.88. The first-order chi connectivity index (χ1) is 21.3. The summed E-state index contributed by atoms with van der Waals surface area (Å²) in [5.41, 5.74) is 3.02. The van der Waals surface area contributed by atoms with Gasteiger partial charge in [-0.05, 0) is 67.4 Å². The van der Waals surface area contributed by atoms with E-state index in [9.17, 15) is 9.59 Å². The lowest BCUT2D eigenvalue weighted by atomic mass is 10.0. The Morgan fingerprint density at radius 3 is 2.23 bits per heavy atom. The van der Waals surface area contributed by atoms with Gasteiger partial charge in [0.05, 0.1) is 23.9 Å². The van der Waals surface area contributed by atoms with Crippen LogP contribution in [0.5, 0.6) is 11.5 Å². The Bertz CT molecular complexity index is 1280. The van der Waals surface area contributed by atoms with Crippen LogP contribution in [0.1, 0.15) is 68.9 Å². The third-order valence-corrected chi connectivity index (χ3v) is 7.23. The average Bonchev–Trinajstić information content (AvgIpc) is 3.03. The number of unbranched alkanes of at least 4 members (excludes halogenated alkanes) is 1. The van der Waals surface area contributed by atoms with Gasteiger partial charge in [-0.3, -0.25) is 4.79 Å². The molecule has 0 heterocycles. The molecule has 0 fully saturated rings. The highest BCUT2D eigenvalue weighted by Crippen LogP contribution is 2.27. The SMILES string of the molecule is CCCCOc1cc(C(=O)OCCN(CC)CC)ccc1NC(=O)C(Cc1ccc(OCc2ccccc2)cc1)NC(C)C. The van der Waals surface area contributed by atoms with Gasteiger partial charge in [-0.25, -0.2) is 4.79 Å². The van der Waals surface area contributed by atoms with Crippen LogP contribution >= 0.6 is 0 Å². The smallest absolute Gasteiger partial charge is 0.338 e. The number of esters is 1. The molecule has 1 amide bonds. The van der Waals surface area contributed by atoms with Crippen molar-refractivity contribution in [3.05, 3.63) is 89.5 Å². The molecule has 1 atom stereocenters. The molecule has 2 N–H and O–H groups in total. The molecule has 238 valence electrons. The molecule has 0 saturated heterocycles. The Morgan fingerprint density at radius 1 is 0.841 bits per heavy atom. The number of nitrogens with one attached hydrogen (secondary N) is 2. The summed E-state index contributed by atoms with van der Waals surface area (Å²) in [5.74, 6) is 0.632. The summed E-state index contributed by atoms with van der Waals surface area (Å²) >= 11 is 0. The maximum Gasteiger partial charge on any atom is 0.338 e. The van der Waals surface area contributed by atoms with Crippen molar-refractivity contribution in [3.63, 3.8) is 0 Å². The van der Waals surface area contributed by atoms with Crippen LogP contribution in [0.15, 0.2) is 72.8 Å². The van der Waals surface area contributed by atoms with Gasteiger partial charge in [-0.1, -0.05) is 83.5 Å². The topological polar surface area (TPSA) is 89.1 Å². The zero-order valence-electron chi connectivity index (χ0n) is 26.9. The molecule has 3 aromatic carbocycles. The van der Waals surface area contributed by atoms with Crippen molar-refractivity contribution in [1.29, 1.82) is 0 Å². The summed E-state index contributed by atoms with van der Waals surface area (Å²) in [5, 5.41) is 6.43. The molecular weight excluding hydrogens is 554 g/mol. The number of nitrogens with zero attached hydrogens (tertiary/aromatic N) is 1. The lowest BCUT2D eigenvalue weighted by Gasteiger charge is -2.22. The van der Waals surface area contributed by atoms with E-state index in [2.05, 4.69) is 36.3 Å². The van der Waals surface area contributed by atoms with Crippen molar-refractivity contribution in [2.75, 3.05) is 38.2 Å². The van der Waals surface area contributed by atoms with Gasteiger partial charge in [0.1, 0.15) is 24.7 Å². The van der Waals surface area contributed by atoms with Crippen molar-refractivity contribution in [2.24, 2.45) is 0 Å². The maximum atomic E-state index is 13.6. The molecule has 0 spiro atoms. The van der Waals surface area contributed by atoms with E-state index in [-0.39, 0.29) is 11.9 Å². The van der Waals surface area contributed by atoms with Gasteiger partial charge in [-0.2, -0.15) is 0 Å². The van der Waals surface area contributed by atoms with E-state index in [1.54, 1.807) is 18.2 Å². The third kappa shape index (κ3) is 11.7. The molecule has 0 bridgehead atoms. The zero-order chi connectivity index (χ0) is 31.7. The van der Waals surface area contributed by atoms with Gasteiger partial charge in [0, 0.05) is 12.6 Å². The summed E-state index contributed by atoms with van der Waals surface area (Å²) in [4.78, 5) is 28.6. The second kappa shape index (κ2) is 18.7. The lowest BCUT2D eigenvalue weighted by Crippen LogP contribution is -2.45. The van der Waals surface area contributed by atoms with Crippen molar-refractivity contribution in [1.82, 2.24) is 10.2 Å². The first kappa shape index (κ1) is 34.6. The Kier molecular flexibility index (Phi) is 14.7. The standard InChI is InChI=1S/C36H49N3O5/c1-6-9-22-42-34-25-30(36(41)43-23-21-39(7-2)8-3)17-20-32(34)38-35(40)33(37-27(4)5)24-28-15-18-31(19-16-28)44-26-29-13-11-10-12-14-29/h10-20,25,27,33,37H,6-9,21-24,26H2,1-5H3,(H,38,40). The molecule has 3 rings (SSSR count). The van der Waals surface area contributed by atoms with Crippen LogP contribution in [-0.4, -0.2) is 61.7 Å². The molecule has 0 aromatic heterocycles. The van der Waals surface area contributed by atoms with Gasteiger partial charge in [-0.15, -0.1) is 0 Å². The average molecular weight is 604 g/mol. The van der Waals surface area contributed by atoms with E-state index in [1.165, 1.54) is 0 Å². The number of ether oxygens (including phenoxy) is 3. The number of carbonyl (C=O) groups is 2. The molecule has 8 heteroatoms. The van der Waals surface area contributed by atoms with E-state index in [0.29, 0.717) is 49.8 Å². The van der Waals surface area contributed by atoms with Gasteiger partial charge in [0.25, 0.3) is 0 Å². The first-order valence-corrected chi connectivity index (χ1v) is 15.8. The third-order valence-electron chi connectivity index (χ3n) is 7.23. The zero-order valence-corrected chi connectivity index (χ0v) is 26.9. The summed E-state index contributed by atoms with van der Waals surface area (Å²) in [6.45, 7) is 14.0. The predicted octanol–water partition coefficient (Wildman–Crippen LogP) is 6.49. The van der Waals surface area contributed by atoms with Crippen LogP contribution < -0.4 is 20.1 Å². The van der Waals surface area contributed by atoms with Crippen LogP contribution in [0.3, 0.4) is 0 Å². The minimum atomic E-state index is -0.487. The number of amides is 1. The molecular formula is C36H49N3O5. The van der Waals surface area contributed by atoms with Crippen LogP contribution in [0, 0.1) is 0 Å². The fourth-order valence-corrected chi connectivity index (χ4v) is 4.64. The Morgan fingerprint density at radius 2 is 1.57 bits per heavy atom. The monoisotopic (exact) mass is 603 g/mol. The predicted molar refractivity (Wildman–Crippen MR) is 177 cm³/mol. The van der Waals surface area contributed by atoms with E-state index < -0.39 is 12.0 Å². The van der Waals surface area contributed by atoms with E-state index >= 15 is 0 Å². The number of benzene rings is 3. The van der Waals surface area contributed by atoms with Crippen LogP contribution in [-0.2, 0) is 22.6 Å². The first-order valence-electron chi connectivity index (χ1n) is 15.8. The molecule has 0 aliphatic heterocycles. The highest BCUT2D eigenvalue weighted by Gasteiger charge is 2.22. The van der Waals surface area contributed by atoms with Crippen molar-refractivity contribution < 1.29 is 23.8 Å². The second-order valence-corrected chi connectivity index (χ2v) is 11.1. The molecule has 0 radical (unpaired) electrons. The number of hydrogen-bond acceptors (Lipinski definition) is 7. The second-order valence-electron chi connectivity index (χ2n) is 11.1. The molecule has 0 saturated carbocycles. The summed E-state index contributed by atoms with van der Waals surface area (Å²) < 4.78 is 17.5. The van der Waals surface area contributed by atoms with E-state index in [1.807, 2.05) is 68.4 Å². The van der Waals surface area contributed by atoms with Crippen LogP contribution in [0.2, 0.25) is 0 Å².